The monoisotopic (exact) mass is 196 g/mol. The van der Waals surface area contributed by atoms with E-state index in [1.54, 1.807) is 0 Å². The second-order valence-corrected chi connectivity index (χ2v) is 3.43. The average molecular weight is 196 g/mol. The predicted octanol–water partition coefficient (Wildman–Crippen LogP) is 1.51. The molecular formula is C9H12N2O3. The lowest BCUT2D eigenvalue weighted by Gasteiger charge is -1.99. The number of nitrogens with zero attached hydrogens (tertiary/aromatic N) is 2. The van der Waals surface area contributed by atoms with Gasteiger partial charge in [-0.3, -0.25) is 0 Å². The Hall–Kier alpha value is -1.39. The molecule has 1 saturated carbocycles. The van der Waals surface area contributed by atoms with Crippen molar-refractivity contribution in [1.29, 1.82) is 0 Å². The van der Waals surface area contributed by atoms with Gasteiger partial charge in [-0.15, -0.1) is 0 Å². The van der Waals surface area contributed by atoms with Gasteiger partial charge in [0.2, 0.25) is 0 Å². The lowest BCUT2D eigenvalue weighted by Crippen LogP contribution is -2.02. The van der Waals surface area contributed by atoms with Gasteiger partial charge in [-0.05, 0) is 12.8 Å². The molecule has 1 aliphatic rings. The maximum atomic E-state index is 11.0. The van der Waals surface area contributed by atoms with Gasteiger partial charge in [-0.25, -0.2) is 4.79 Å². The third-order valence-electron chi connectivity index (χ3n) is 2.52. The van der Waals surface area contributed by atoms with E-state index in [0.717, 1.165) is 12.8 Å². The molecule has 1 fully saturated rings. The molecule has 76 valence electrons. The van der Waals surface area contributed by atoms with Crippen LogP contribution in [0, 0.1) is 0 Å². The largest absolute Gasteiger partial charge is 0.462 e. The molecular weight excluding hydrogens is 184 g/mol. The molecule has 2 rings (SSSR count). The minimum Gasteiger partial charge on any atom is -0.462 e. The maximum absolute atomic E-state index is 11.0. The summed E-state index contributed by atoms with van der Waals surface area (Å²) in [7, 11) is 1.29. The second kappa shape index (κ2) is 3.77. The summed E-state index contributed by atoms with van der Waals surface area (Å²) in [5.41, 5.74) is 0. The standard InChI is InChI=1S/C9H12N2O3/c1-13-9(12)8-10-7(11-14-8)6-4-2-3-5-6/h6H,2-5H2,1H3. The van der Waals surface area contributed by atoms with Crippen molar-refractivity contribution in [1.82, 2.24) is 10.1 Å². The fourth-order valence-corrected chi connectivity index (χ4v) is 1.75. The quantitative estimate of drug-likeness (QED) is 0.671. The van der Waals surface area contributed by atoms with E-state index in [-0.39, 0.29) is 5.89 Å². The van der Waals surface area contributed by atoms with Crippen molar-refractivity contribution in [2.24, 2.45) is 0 Å². The molecule has 5 heteroatoms. The zero-order valence-corrected chi connectivity index (χ0v) is 8.02. The summed E-state index contributed by atoms with van der Waals surface area (Å²) < 4.78 is 9.27. The second-order valence-electron chi connectivity index (χ2n) is 3.43. The van der Waals surface area contributed by atoms with E-state index in [2.05, 4.69) is 14.9 Å². The normalized spacial score (nSPS) is 17.2. The van der Waals surface area contributed by atoms with Crippen LogP contribution in [0.3, 0.4) is 0 Å². The molecule has 0 unspecified atom stereocenters. The summed E-state index contributed by atoms with van der Waals surface area (Å²) in [5.74, 6) is 0.385. The van der Waals surface area contributed by atoms with Crippen molar-refractivity contribution < 1.29 is 14.1 Å². The number of carbonyl (C=O) groups excluding carboxylic acids is 1. The van der Waals surface area contributed by atoms with Gasteiger partial charge in [0.25, 0.3) is 0 Å². The highest BCUT2D eigenvalue weighted by atomic mass is 16.6. The number of aromatic nitrogens is 2. The summed E-state index contributed by atoms with van der Waals surface area (Å²) >= 11 is 0. The smallest absolute Gasteiger partial charge is 0.397 e. The SMILES string of the molecule is COC(=O)c1nc(C2CCCC2)no1. The van der Waals surface area contributed by atoms with Gasteiger partial charge >= 0.3 is 11.9 Å². The number of carbonyl (C=O) groups is 1. The molecule has 0 saturated heterocycles. The number of hydrogen-bond acceptors (Lipinski definition) is 5. The molecule has 1 heterocycles. The van der Waals surface area contributed by atoms with E-state index in [0.29, 0.717) is 11.7 Å². The van der Waals surface area contributed by atoms with Crippen LogP contribution < -0.4 is 0 Å². The Kier molecular flexibility index (Phi) is 2.47. The molecule has 1 aliphatic carbocycles. The lowest BCUT2D eigenvalue weighted by atomic mass is 10.1. The van der Waals surface area contributed by atoms with Crippen molar-refractivity contribution in [2.45, 2.75) is 31.6 Å². The Labute approximate surface area is 81.4 Å². The average Bonchev–Trinajstić information content (AvgIpc) is 2.86. The predicted molar refractivity (Wildman–Crippen MR) is 46.8 cm³/mol. The zero-order chi connectivity index (χ0) is 9.97. The van der Waals surface area contributed by atoms with Crippen LogP contribution in [-0.4, -0.2) is 23.2 Å². The van der Waals surface area contributed by atoms with Crippen LogP contribution in [0.15, 0.2) is 4.52 Å². The molecule has 0 aromatic carbocycles. The van der Waals surface area contributed by atoms with Crippen molar-refractivity contribution in [2.75, 3.05) is 7.11 Å². The van der Waals surface area contributed by atoms with E-state index in [9.17, 15) is 4.79 Å². The fraction of sp³-hybridized carbons (Fsp3) is 0.667. The molecule has 0 radical (unpaired) electrons. The number of esters is 1. The Balaban J connectivity index is 2.12. The Morgan fingerprint density at radius 2 is 2.21 bits per heavy atom. The van der Waals surface area contributed by atoms with Crippen molar-refractivity contribution in [3.63, 3.8) is 0 Å². The van der Waals surface area contributed by atoms with Crippen molar-refractivity contribution in [3.8, 4) is 0 Å². The number of rotatable bonds is 2. The highest BCUT2D eigenvalue weighted by molar-refractivity contribution is 5.83. The minimum absolute atomic E-state index is 0.0469. The highest BCUT2D eigenvalue weighted by Gasteiger charge is 2.24. The molecule has 5 nitrogen and oxygen atoms in total. The molecule has 0 bridgehead atoms. The maximum Gasteiger partial charge on any atom is 0.397 e. The molecule has 0 N–H and O–H groups in total. The first-order valence-electron chi connectivity index (χ1n) is 4.73. The van der Waals surface area contributed by atoms with Crippen LogP contribution in [0.5, 0.6) is 0 Å². The van der Waals surface area contributed by atoms with Crippen LogP contribution in [-0.2, 0) is 4.74 Å². The molecule has 14 heavy (non-hydrogen) atoms. The topological polar surface area (TPSA) is 65.2 Å². The van der Waals surface area contributed by atoms with E-state index in [1.807, 2.05) is 0 Å². The van der Waals surface area contributed by atoms with Gasteiger partial charge in [0.1, 0.15) is 0 Å². The van der Waals surface area contributed by atoms with Crippen molar-refractivity contribution in [3.05, 3.63) is 11.7 Å². The van der Waals surface area contributed by atoms with E-state index < -0.39 is 5.97 Å². The van der Waals surface area contributed by atoms with Crippen LogP contribution in [0.4, 0.5) is 0 Å². The lowest BCUT2D eigenvalue weighted by molar-refractivity contribution is 0.0545. The van der Waals surface area contributed by atoms with Crippen LogP contribution in [0.1, 0.15) is 48.1 Å². The fourth-order valence-electron chi connectivity index (χ4n) is 1.75. The van der Waals surface area contributed by atoms with Crippen LogP contribution in [0.2, 0.25) is 0 Å². The van der Waals surface area contributed by atoms with E-state index >= 15 is 0 Å². The zero-order valence-electron chi connectivity index (χ0n) is 8.02. The third kappa shape index (κ3) is 1.62. The van der Waals surface area contributed by atoms with Crippen molar-refractivity contribution >= 4 is 5.97 Å². The van der Waals surface area contributed by atoms with Gasteiger partial charge < -0.3 is 9.26 Å². The molecule has 1 aromatic rings. The van der Waals surface area contributed by atoms with Gasteiger partial charge in [-0.1, -0.05) is 18.0 Å². The number of methoxy groups -OCH3 is 1. The Morgan fingerprint density at radius 3 is 2.86 bits per heavy atom. The first kappa shape index (κ1) is 9.18. The van der Waals surface area contributed by atoms with Gasteiger partial charge in [0.15, 0.2) is 5.82 Å². The summed E-state index contributed by atoms with van der Waals surface area (Å²) in [6, 6.07) is 0. The van der Waals surface area contributed by atoms with Gasteiger partial charge in [-0.2, -0.15) is 4.98 Å². The van der Waals surface area contributed by atoms with Gasteiger partial charge in [0, 0.05) is 5.92 Å². The summed E-state index contributed by atoms with van der Waals surface area (Å²) in [5, 5.41) is 3.78. The summed E-state index contributed by atoms with van der Waals surface area (Å²) in [4.78, 5) is 15.0. The summed E-state index contributed by atoms with van der Waals surface area (Å²) in [6.07, 6.45) is 4.57. The Bertz CT molecular complexity index is 329. The molecule has 1 aromatic heterocycles. The van der Waals surface area contributed by atoms with E-state index in [1.165, 1.54) is 20.0 Å². The Morgan fingerprint density at radius 1 is 1.50 bits per heavy atom. The van der Waals surface area contributed by atoms with Crippen LogP contribution in [0.25, 0.3) is 0 Å². The molecule has 0 amide bonds. The first-order chi connectivity index (χ1) is 6.81. The molecule has 0 spiro atoms. The highest BCUT2D eigenvalue weighted by Crippen LogP contribution is 2.32. The minimum atomic E-state index is -0.568. The number of ether oxygens (including phenoxy) is 1. The third-order valence-corrected chi connectivity index (χ3v) is 2.52. The molecule has 0 aliphatic heterocycles. The molecule has 0 atom stereocenters. The van der Waals surface area contributed by atoms with Gasteiger partial charge in [0.05, 0.1) is 7.11 Å². The number of hydrogen-bond donors (Lipinski definition) is 0. The van der Waals surface area contributed by atoms with Crippen LogP contribution >= 0.6 is 0 Å². The van der Waals surface area contributed by atoms with E-state index in [4.69, 9.17) is 4.52 Å². The first-order valence-corrected chi connectivity index (χ1v) is 4.73. The summed E-state index contributed by atoms with van der Waals surface area (Å²) in [6.45, 7) is 0.